The topological polar surface area (TPSA) is 56.3 Å². The maximum atomic E-state index is 6.62. The van der Waals surface area contributed by atoms with E-state index in [2.05, 4.69) is 21.8 Å². The second kappa shape index (κ2) is 10.4. The first-order chi connectivity index (χ1) is 14.5. The molecule has 0 saturated carbocycles. The lowest BCUT2D eigenvalue weighted by Gasteiger charge is -2.24. The van der Waals surface area contributed by atoms with Crippen LogP contribution in [0.1, 0.15) is 11.1 Å². The van der Waals surface area contributed by atoms with Gasteiger partial charge in [-0.2, -0.15) is 0 Å². The quantitative estimate of drug-likeness (QED) is 0.548. The van der Waals surface area contributed by atoms with E-state index in [1.165, 1.54) is 0 Å². The van der Waals surface area contributed by atoms with Crippen molar-refractivity contribution in [1.82, 2.24) is 14.7 Å². The van der Waals surface area contributed by atoms with E-state index in [0.29, 0.717) is 15.9 Å². The summed E-state index contributed by atoms with van der Waals surface area (Å²) in [6, 6.07) is 13.3. The number of nitrogens with zero attached hydrogens (tertiary/aromatic N) is 3. The zero-order valence-electron chi connectivity index (χ0n) is 17.1. The maximum Gasteiger partial charge on any atom is 0.149 e. The van der Waals surface area contributed by atoms with Gasteiger partial charge in [0.1, 0.15) is 5.82 Å². The third-order valence-electron chi connectivity index (χ3n) is 5.09. The van der Waals surface area contributed by atoms with Crippen LogP contribution in [-0.2, 0) is 4.74 Å². The van der Waals surface area contributed by atoms with Gasteiger partial charge < -0.3 is 10.5 Å². The molecule has 2 aromatic carbocycles. The minimum atomic E-state index is 0. The monoisotopic (exact) mass is 476 g/mol. The molecule has 1 aromatic heterocycles. The summed E-state index contributed by atoms with van der Waals surface area (Å²) in [5.41, 5.74) is 10.5. The first kappa shape index (κ1) is 23.5. The summed E-state index contributed by atoms with van der Waals surface area (Å²) in [5, 5.41) is 5.75. The second-order valence-electron chi connectivity index (χ2n) is 7.13. The van der Waals surface area contributed by atoms with Crippen LogP contribution in [0.4, 0.5) is 5.82 Å². The SMILES string of the molecule is Cc1c(N)nn(-c2ccc(C#CCN3CCOCC3)cc2Cl)c1-c1ccc(Cl)cc1.Cl. The van der Waals surface area contributed by atoms with Crippen molar-refractivity contribution in [2.24, 2.45) is 0 Å². The van der Waals surface area contributed by atoms with Gasteiger partial charge in [-0.1, -0.05) is 47.2 Å². The van der Waals surface area contributed by atoms with Crippen LogP contribution in [0.5, 0.6) is 0 Å². The molecule has 5 nitrogen and oxygen atoms in total. The number of morpholine rings is 1. The Bertz CT molecular complexity index is 1110. The third kappa shape index (κ3) is 5.35. The fourth-order valence-corrected chi connectivity index (χ4v) is 3.79. The molecular formula is C23H23Cl3N4O. The van der Waals surface area contributed by atoms with Crippen LogP contribution in [0.25, 0.3) is 16.9 Å². The van der Waals surface area contributed by atoms with Crippen LogP contribution in [0.3, 0.4) is 0 Å². The van der Waals surface area contributed by atoms with Crippen molar-refractivity contribution in [3.63, 3.8) is 0 Å². The molecule has 1 aliphatic rings. The highest BCUT2D eigenvalue weighted by molar-refractivity contribution is 6.32. The fraction of sp³-hybridized carbons (Fsp3) is 0.261. The molecule has 0 amide bonds. The normalized spacial score (nSPS) is 13.9. The minimum absolute atomic E-state index is 0. The first-order valence-corrected chi connectivity index (χ1v) is 10.5. The van der Waals surface area contributed by atoms with Crippen LogP contribution in [0.2, 0.25) is 10.0 Å². The summed E-state index contributed by atoms with van der Waals surface area (Å²) in [6.07, 6.45) is 0. The molecule has 31 heavy (non-hydrogen) atoms. The first-order valence-electron chi connectivity index (χ1n) is 9.73. The molecule has 0 aliphatic carbocycles. The van der Waals surface area contributed by atoms with Crippen molar-refractivity contribution in [3.05, 3.63) is 63.6 Å². The van der Waals surface area contributed by atoms with Crippen molar-refractivity contribution < 1.29 is 4.74 Å². The van der Waals surface area contributed by atoms with E-state index >= 15 is 0 Å². The number of nitrogens with two attached hydrogens (primary N) is 1. The lowest BCUT2D eigenvalue weighted by Crippen LogP contribution is -2.36. The van der Waals surface area contributed by atoms with Gasteiger partial charge in [-0.3, -0.25) is 4.90 Å². The number of anilines is 1. The Balaban J connectivity index is 0.00000272. The van der Waals surface area contributed by atoms with Crippen molar-refractivity contribution in [1.29, 1.82) is 0 Å². The molecule has 2 N–H and O–H groups in total. The number of hydrogen-bond acceptors (Lipinski definition) is 4. The van der Waals surface area contributed by atoms with Gasteiger partial charge in [-0.25, -0.2) is 4.68 Å². The smallest absolute Gasteiger partial charge is 0.149 e. The molecular weight excluding hydrogens is 455 g/mol. The number of halogens is 3. The highest BCUT2D eigenvalue weighted by Crippen LogP contribution is 2.33. The van der Waals surface area contributed by atoms with Crippen molar-refractivity contribution in [3.8, 4) is 28.8 Å². The van der Waals surface area contributed by atoms with E-state index < -0.39 is 0 Å². The van der Waals surface area contributed by atoms with E-state index in [-0.39, 0.29) is 12.4 Å². The summed E-state index contributed by atoms with van der Waals surface area (Å²) in [5.74, 6) is 6.88. The summed E-state index contributed by atoms with van der Waals surface area (Å²) in [7, 11) is 0. The lowest BCUT2D eigenvalue weighted by atomic mass is 10.1. The number of rotatable bonds is 3. The highest BCUT2D eigenvalue weighted by Gasteiger charge is 2.17. The van der Waals surface area contributed by atoms with Crippen LogP contribution >= 0.6 is 35.6 Å². The Labute approximate surface area is 198 Å². The molecule has 1 fully saturated rings. The lowest BCUT2D eigenvalue weighted by molar-refractivity contribution is 0.0443. The standard InChI is InChI=1S/C23H22Cl2N4O.ClH/c1-16-22(18-5-7-19(24)8-6-18)29(27-23(16)26)21-9-4-17(15-20(21)25)3-2-10-28-11-13-30-14-12-28;/h4-9,15H,10-14H2,1H3,(H2,26,27);1H. The van der Waals surface area contributed by atoms with E-state index in [1.54, 1.807) is 4.68 Å². The number of ether oxygens (including phenoxy) is 1. The number of benzene rings is 2. The summed E-state index contributed by atoms with van der Waals surface area (Å²) >= 11 is 12.7. The van der Waals surface area contributed by atoms with Crippen LogP contribution in [-0.4, -0.2) is 47.5 Å². The Morgan fingerprint density at radius 3 is 2.48 bits per heavy atom. The molecule has 0 atom stereocenters. The van der Waals surface area contributed by atoms with Crippen molar-refractivity contribution in [2.45, 2.75) is 6.92 Å². The van der Waals surface area contributed by atoms with Crippen molar-refractivity contribution >= 4 is 41.4 Å². The zero-order chi connectivity index (χ0) is 21.1. The molecule has 8 heteroatoms. The average molecular weight is 478 g/mol. The number of hydrogen-bond donors (Lipinski definition) is 1. The number of aromatic nitrogens is 2. The molecule has 4 rings (SSSR count). The highest BCUT2D eigenvalue weighted by atomic mass is 35.5. The minimum Gasteiger partial charge on any atom is -0.382 e. The Morgan fingerprint density at radius 2 is 1.81 bits per heavy atom. The predicted molar refractivity (Wildman–Crippen MR) is 130 cm³/mol. The molecule has 1 aliphatic heterocycles. The van der Waals surface area contributed by atoms with Gasteiger partial charge in [0, 0.05) is 34.8 Å². The van der Waals surface area contributed by atoms with Crippen LogP contribution in [0, 0.1) is 18.8 Å². The molecule has 3 aromatic rings. The van der Waals surface area contributed by atoms with Crippen LogP contribution in [0.15, 0.2) is 42.5 Å². The molecule has 0 unspecified atom stereocenters. The summed E-state index contributed by atoms with van der Waals surface area (Å²) in [6.45, 7) is 6.04. The van der Waals surface area contributed by atoms with Gasteiger partial charge in [0.25, 0.3) is 0 Å². The van der Waals surface area contributed by atoms with Gasteiger partial charge >= 0.3 is 0 Å². The Hall–Kier alpha value is -2.20. The van der Waals surface area contributed by atoms with Crippen molar-refractivity contribution in [2.75, 3.05) is 38.6 Å². The van der Waals surface area contributed by atoms with Gasteiger partial charge in [0.2, 0.25) is 0 Å². The van der Waals surface area contributed by atoms with Gasteiger partial charge in [-0.05, 0) is 37.3 Å². The fourth-order valence-electron chi connectivity index (χ4n) is 3.40. The molecule has 2 heterocycles. The van der Waals surface area contributed by atoms with E-state index in [0.717, 1.165) is 60.9 Å². The summed E-state index contributed by atoms with van der Waals surface area (Å²) < 4.78 is 7.14. The Kier molecular flexibility index (Phi) is 7.88. The molecule has 0 spiro atoms. The maximum absolute atomic E-state index is 6.62. The molecule has 0 bridgehead atoms. The van der Waals surface area contributed by atoms with E-state index in [9.17, 15) is 0 Å². The van der Waals surface area contributed by atoms with Gasteiger partial charge in [0.15, 0.2) is 0 Å². The third-order valence-corrected chi connectivity index (χ3v) is 5.65. The Morgan fingerprint density at radius 1 is 1.10 bits per heavy atom. The molecule has 0 radical (unpaired) electrons. The van der Waals surface area contributed by atoms with E-state index in [4.69, 9.17) is 33.7 Å². The zero-order valence-corrected chi connectivity index (χ0v) is 19.4. The second-order valence-corrected chi connectivity index (χ2v) is 7.98. The predicted octanol–water partition coefficient (Wildman–Crippen LogP) is 4.84. The number of nitrogen functional groups attached to an aromatic ring is 1. The van der Waals surface area contributed by atoms with Crippen LogP contribution < -0.4 is 5.73 Å². The van der Waals surface area contributed by atoms with Gasteiger partial charge in [0.05, 0.1) is 36.2 Å². The molecule has 162 valence electrons. The van der Waals surface area contributed by atoms with E-state index in [1.807, 2.05) is 49.4 Å². The average Bonchev–Trinajstić information content (AvgIpc) is 3.04. The molecule has 1 saturated heterocycles. The van der Waals surface area contributed by atoms with Gasteiger partial charge in [-0.15, -0.1) is 17.5 Å². The largest absolute Gasteiger partial charge is 0.382 e. The summed E-state index contributed by atoms with van der Waals surface area (Å²) in [4.78, 5) is 2.28.